The summed E-state index contributed by atoms with van der Waals surface area (Å²) in [6.45, 7) is 0. The Kier molecular flexibility index (Phi) is 3.16. The van der Waals surface area contributed by atoms with Crippen molar-refractivity contribution in [1.82, 2.24) is 0 Å². The van der Waals surface area contributed by atoms with Crippen molar-refractivity contribution < 1.29 is 0 Å². The van der Waals surface area contributed by atoms with Crippen molar-refractivity contribution in [3.8, 4) is 4.90 Å². The van der Waals surface area contributed by atoms with Crippen LogP contribution in [0.4, 0.5) is 0 Å². The lowest BCUT2D eigenvalue weighted by Crippen LogP contribution is -1.71. The SMILES string of the molecule is c1ccc(-[s+]2c3c(ccc4ccsc43)c3sc4c(ccc5ccsc54)c32)cc1. The van der Waals surface area contributed by atoms with Crippen LogP contribution in [0.2, 0.25) is 0 Å². The molecule has 0 aliphatic heterocycles. The lowest BCUT2D eigenvalue weighted by Gasteiger charge is -1.96. The average Bonchev–Trinajstić information content (AvgIpc) is 3.49. The minimum Gasteiger partial charge on any atom is -0.142 e. The zero-order chi connectivity index (χ0) is 18.2. The highest BCUT2D eigenvalue weighted by atomic mass is 32.2. The lowest BCUT2D eigenvalue weighted by atomic mass is 10.2. The number of fused-ring (bicyclic) bond motifs is 9. The van der Waals surface area contributed by atoms with Gasteiger partial charge < -0.3 is 0 Å². The van der Waals surface area contributed by atoms with E-state index >= 15 is 0 Å². The molecule has 28 heavy (non-hydrogen) atoms. The largest absolute Gasteiger partial charge is 0.206 e. The van der Waals surface area contributed by atoms with Crippen LogP contribution in [0.1, 0.15) is 0 Å². The molecule has 0 amide bonds. The first-order valence-electron chi connectivity index (χ1n) is 9.13. The number of hydrogen-bond acceptors (Lipinski definition) is 3. The minimum absolute atomic E-state index is 0.0423. The summed E-state index contributed by atoms with van der Waals surface area (Å²) in [5, 5.41) is 10.1. The van der Waals surface area contributed by atoms with Crippen molar-refractivity contribution in [2.24, 2.45) is 0 Å². The van der Waals surface area contributed by atoms with Crippen molar-refractivity contribution in [3.05, 3.63) is 77.5 Å². The molecule has 0 aliphatic carbocycles. The second kappa shape index (κ2) is 5.65. The molecule has 0 spiro atoms. The Morgan fingerprint density at radius 2 is 1.18 bits per heavy atom. The Balaban J connectivity index is 1.81. The summed E-state index contributed by atoms with van der Waals surface area (Å²) in [6.07, 6.45) is 0. The molecule has 4 heterocycles. The third kappa shape index (κ3) is 1.93. The van der Waals surface area contributed by atoms with Crippen LogP contribution in [0.5, 0.6) is 0 Å². The zero-order valence-electron chi connectivity index (χ0n) is 14.6. The van der Waals surface area contributed by atoms with Gasteiger partial charge >= 0.3 is 0 Å². The fourth-order valence-electron chi connectivity index (χ4n) is 4.22. The van der Waals surface area contributed by atoms with Gasteiger partial charge in [0.1, 0.15) is 4.70 Å². The molecular weight excluding hydrogens is 417 g/mol. The summed E-state index contributed by atoms with van der Waals surface area (Å²) in [6, 6.07) is 24.9. The predicted octanol–water partition coefficient (Wildman–Crippen LogP) is 9.38. The van der Waals surface area contributed by atoms with Gasteiger partial charge in [-0.1, -0.05) is 30.3 Å². The van der Waals surface area contributed by atoms with E-state index in [0.29, 0.717) is 0 Å². The van der Waals surface area contributed by atoms with Gasteiger partial charge in [-0.15, -0.1) is 34.0 Å². The molecule has 0 radical (unpaired) electrons. The molecule has 0 saturated heterocycles. The van der Waals surface area contributed by atoms with E-state index < -0.39 is 0 Å². The number of rotatable bonds is 1. The monoisotopic (exact) mass is 429 g/mol. The fourth-order valence-corrected chi connectivity index (χ4v) is 10.7. The van der Waals surface area contributed by atoms with Crippen LogP contribution in [0, 0.1) is 0 Å². The molecule has 0 bridgehead atoms. The average molecular weight is 430 g/mol. The van der Waals surface area contributed by atoms with Gasteiger partial charge in [0.15, 0.2) is 4.90 Å². The summed E-state index contributed by atoms with van der Waals surface area (Å²) in [5.74, 6) is 0. The Morgan fingerprint density at radius 1 is 0.536 bits per heavy atom. The maximum Gasteiger partial charge on any atom is 0.206 e. The van der Waals surface area contributed by atoms with E-state index in [4.69, 9.17) is 0 Å². The van der Waals surface area contributed by atoms with E-state index in [1.165, 1.54) is 54.6 Å². The summed E-state index contributed by atoms with van der Waals surface area (Å²) >= 11 is 5.75. The molecule has 0 nitrogen and oxygen atoms in total. The lowest BCUT2D eigenvalue weighted by molar-refractivity contribution is 1.76. The molecule has 0 N–H and O–H groups in total. The van der Waals surface area contributed by atoms with Crippen molar-refractivity contribution in [2.75, 3.05) is 0 Å². The van der Waals surface area contributed by atoms with Crippen molar-refractivity contribution >= 4 is 94.2 Å². The molecule has 132 valence electrons. The van der Waals surface area contributed by atoms with Crippen LogP contribution in [0.15, 0.2) is 77.5 Å². The minimum atomic E-state index is -0.0423. The quantitative estimate of drug-likeness (QED) is 0.228. The molecular formula is C24H13S4+. The molecule has 4 heteroatoms. The summed E-state index contributed by atoms with van der Waals surface area (Å²) in [7, 11) is -0.0423. The highest BCUT2D eigenvalue weighted by molar-refractivity contribution is 7.55. The number of hydrogen-bond donors (Lipinski definition) is 0. The summed E-state index contributed by atoms with van der Waals surface area (Å²) in [5.41, 5.74) is 0. The predicted molar refractivity (Wildman–Crippen MR) is 131 cm³/mol. The van der Waals surface area contributed by atoms with Crippen molar-refractivity contribution in [1.29, 1.82) is 0 Å². The van der Waals surface area contributed by atoms with Gasteiger partial charge in [-0.2, -0.15) is 0 Å². The summed E-state index contributed by atoms with van der Waals surface area (Å²) in [4.78, 5) is 1.43. The normalized spacial score (nSPS) is 12.9. The van der Waals surface area contributed by atoms with Gasteiger partial charge in [-0.05, 0) is 57.9 Å². The van der Waals surface area contributed by atoms with Gasteiger partial charge in [0.2, 0.25) is 9.40 Å². The van der Waals surface area contributed by atoms with Crippen LogP contribution in [0.3, 0.4) is 0 Å². The molecule has 4 aromatic heterocycles. The molecule has 7 aromatic rings. The highest BCUT2D eigenvalue weighted by Gasteiger charge is 2.30. The number of thiophene rings is 4. The van der Waals surface area contributed by atoms with Crippen molar-refractivity contribution in [2.45, 2.75) is 0 Å². The van der Waals surface area contributed by atoms with Gasteiger partial charge in [0, 0.05) is 10.5 Å². The first-order chi connectivity index (χ1) is 13.9. The Morgan fingerprint density at radius 3 is 1.96 bits per heavy atom. The van der Waals surface area contributed by atoms with Gasteiger partial charge in [0.05, 0.1) is 24.9 Å². The third-order valence-electron chi connectivity index (χ3n) is 5.44. The molecule has 0 saturated carbocycles. The molecule has 3 aromatic carbocycles. The van der Waals surface area contributed by atoms with Gasteiger partial charge in [-0.25, -0.2) is 0 Å². The first kappa shape index (κ1) is 15.7. The van der Waals surface area contributed by atoms with Crippen LogP contribution < -0.4 is 0 Å². The van der Waals surface area contributed by atoms with Crippen molar-refractivity contribution in [3.63, 3.8) is 0 Å². The molecule has 1 unspecified atom stereocenters. The second-order valence-corrected chi connectivity index (χ2v) is 11.7. The Labute approximate surface area is 175 Å². The zero-order valence-corrected chi connectivity index (χ0v) is 17.9. The van der Waals surface area contributed by atoms with E-state index in [0.717, 1.165) is 0 Å². The van der Waals surface area contributed by atoms with E-state index in [-0.39, 0.29) is 10.5 Å². The maximum absolute atomic E-state index is 2.36. The fraction of sp³-hybridized carbons (Fsp3) is 0. The molecule has 1 atom stereocenters. The van der Waals surface area contributed by atoms with Gasteiger partial charge in [0.25, 0.3) is 0 Å². The molecule has 0 fully saturated rings. The first-order valence-corrected chi connectivity index (χ1v) is 12.9. The second-order valence-electron chi connectivity index (χ2n) is 6.94. The van der Waals surface area contributed by atoms with E-state index in [1.807, 2.05) is 34.0 Å². The summed E-state index contributed by atoms with van der Waals surface area (Å²) < 4.78 is 8.91. The Hall–Kier alpha value is -2.24. The molecule has 0 aliphatic rings. The van der Waals surface area contributed by atoms with E-state index in [9.17, 15) is 0 Å². The van der Waals surface area contributed by atoms with E-state index in [1.54, 1.807) is 0 Å². The van der Waals surface area contributed by atoms with Crippen LogP contribution in [0.25, 0.3) is 54.6 Å². The van der Waals surface area contributed by atoms with Crippen LogP contribution in [-0.4, -0.2) is 0 Å². The van der Waals surface area contributed by atoms with E-state index in [2.05, 4.69) is 77.5 Å². The van der Waals surface area contributed by atoms with Crippen LogP contribution in [-0.2, 0) is 0 Å². The topological polar surface area (TPSA) is 0 Å². The third-order valence-corrected chi connectivity index (χ3v) is 11.4. The van der Waals surface area contributed by atoms with Gasteiger partial charge in [-0.3, -0.25) is 0 Å². The highest BCUT2D eigenvalue weighted by Crippen LogP contribution is 2.57. The Bertz CT molecular complexity index is 1650. The maximum atomic E-state index is 2.36. The standard InChI is InChI=1S/C24H13S4/c1-2-4-16(5-3-1)28-23-18(9-7-15-11-13-26-20(15)23)22-24(28)17-8-6-14-10-12-25-19(14)21(17)27-22/h1-13H/q+1. The smallest absolute Gasteiger partial charge is 0.142 e. The molecule has 7 rings (SSSR count). The van der Waals surface area contributed by atoms with Crippen LogP contribution >= 0.6 is 44.5 Å². The number of benzene rings is 3.